The molecule has 0 unspecified atom stereocenters. The van der Waals surface area contributed by atoms with Gasteiger partial charge in [0.15, 0.2) is 0 Å². The summed E-state index contributed by atoms with van der Waals surface area (Å²) in [6.45, 7) is 5.49. The molecule has 0 atom stereocenters. The van der Waals surface area contributed by atoms with Gasteiger partial charge in [0.2, 0.25) is 0 Å². The first-order chi connectivity index (χ1) is 6.33. The Morgan fingerprint density at radius 1 is 1.46 bits per heavy atom. The quantitative estimate of drug-likeness (QED) is 0.519. The Morgan fingerprint density at radius 2 is 2.23 bits per heavy atom. The molecular formula is C11H11NS. The van der Waals surface area contributed by atoms with Crippen molar-refractivity contribution in [3.8, 4) is 0 Å². The first-order valence-corrected chi connectivity index (χ1v) is 4.72. The van der Waals surface area contributed by atoms with Crippen LogP contribution in [0.15, 0.2) is 36.9 Å². The lowest BCUT2D eigenvalue weighted by Crippen LogP contribution is -2.22. The van der Waals surface area contributed by atoms with Crippen molar-refractivity contribution in [2.45, 2.75) is 6.54 Å². The Bertz CT molecular complexity index is 357. The highest BCUT2D eigenvalue weighted by molar-refractivity contribution is 7.80. The van der Waals surface area contributed by atoms with Crippen LogP contribution < -0.4 is 0 Å². The van der Waals surface area contributed by atoms with Crippen LogP contribution in [0.1, 0.15) is 11.1 Å². The van der Waals surface area contributed by atoms with Crippen molar-refractivity contribution in [3.63, 3.8) is 0 Å². The smallest absolute Gasteiger partial charge is 0.110 e. The van der Waals surface area contributed by atoms with Crippen LogP contribution in [-0.4, -0.2) is 16.4 Å². The molecule has 1 aliphatic rings. The first kappa shape index (κ1) is 8.45. The normalized spacial score (nSPS) is 14.5. The van der Waals surface area contributed by atoms with E-state index in [0.717, 1.165) is 18.1 Å². The summed E-state index contributed by atoms with van der Waals surface area (Å²) in [4.78, 5) is 3.11. The number of benzene rings is 1. The fraction of sp³-hybridized carbons (Fsp3) is 0.182. The third-order valence-electron chi connectivity index (χ3n) is 2.25. The number of thiocarbonyl (C=S) groups is 1. The van der Waals surface area contributed by atoms with Gasteiger partial charge in [-0.1, -0.05) is 42.6 Å². The Kier molecular flexibility index (Phi) is 2.15. The maximum Gasteiger partial charge on any atom is 0.110 e. The van der Waals surface area contributed by atoms with Crippen molar-refractivity contribution in [1.82, 2.24) is 4.90 Å². The molecule has 0 radical (unpaired) electrons. The van der Waals surface area contributed by atoms with Gasteiger partial charge in [0.05, 0.1) is 0 Å². The van der Waals surface area contributed by atoms with Crippen molar-refractivity contribution >= 4 is 17.2 Å². The highest BCUT2D eigenvalue weighted by Crippen LogP contribution is 2.22. The summed E-state index contributed by atoms with van der Waals surface area (Å²) < 4.78 is 0. The number of nitrogens with zero attached hydrogens (tertiary/aromatic N) is 1. The van der Waals surface area contributed by atoms with Gasteiger partial charge in [0, 0.05) is 18.7 Å². The zero-order valence-electron chi connectivity index (χ0n) is 7.36. The van der Waals surface area contributed by atoms with Crippen LogP contribution in [0.4, 0.5) is 0 Å². The van der Waals surface area contributed by atoms with E-state index in [-0.39, 0.29) is 0 Å². The van der Waals surface area contributed by atoms with E-state index in [1.165, 1.54) is 11.1 Å². The summed E-state index contributed by atoms with van der Waals surface area (Å²) in [5.41, 5.74) is 2.54. The van der Waals surface area contributed by atoms with Crippen LogP contribution in [0.25, 0.3) is 0 Å². The molecule has 1 nitrogen and oxygen atoms in total. The lowest BCUT2D eigenvalue weighted by atomic mass is 10.1. The summed E-state index contributed by atoms with van der Waals surface area (Å²) in [5.74, 6) is 0. The minimum atomic E-state index is 0.841. The molecule has 66 valence electrons. The lowest BCUT2D eigenvalue weighted by molar-refractivity contribution is 0.485. The van der Waals surface area contributed by atoms with E-state index in [1.807, 2.05) is 12.1 Å². The maximum absolute atomic E-state index is 5.34. The van der Waals surface area contributed by atoms with Gasteiger partial charge in [-0.3, -0.25) is 0 Å². The molecule has 0 aliphatic carbocycles. The largest absolute Gasteiger partial charge is 0.354 e. The average Bonchev–Trinajstić information content (AvgIpc) is 2.46. The molecule has 1 aromatic rings. The first-order valence-electron chi connectivity index (χ1n) is 4.31. The molecule has 1 heterocycles. The third kappa shape index (κ3) is 1.38. The summed E-state index contributed by atoms with van der Waals surface area (Å²) >= 11 is 5.34. The van der Waals surface area contributed by atoms with E-state index in [1.54, 1.807) is 0 Å². The van der Waals surface area contributed by atoms with Gasteiger partial charge in [-0.25, -0.2) is 0 Å². The maximum atomic E-state index is 5.34. The van der Waals surface area contributed by atoms with E-state index < -0.39 is 0 Å². The molecule has 1 aliphatic heterocycles. The predicted octanol–water partition coefficient (Wildman–Crippen LogP) is 2.36. The predicted molar refractivity (Wildman–Crippen MR) is 58.7 cm³/mol. The second-order valence-electron chi connectivity index (χ2n) is 3.13. The zero-order valence-corrected chi connectivity index (χ0v) is 8.18. The summed E-state index contributed by atoms with van der Waals surface area (Å²) in [7, 11) is 0. The molecule has 0 fully saturated rings. The van der Waals surface area contributed by atoms with Crippen LogP contribution in [0.3, 0.4) is 0 Å². The molecule has 0 bridgehead atoms. The van der Waals surface area contributed by atoms with Crippen LogP contribution in [-0.2, 0) is 6.54 Å². The second-order valence-corrected chi connectivity index (χ2v) is 3.52. The van der Waals surface area contributed by atoms with Gasteiger partial charge in [-0.05, 0) is 5.56 Å². The van der Waals surface area contributed by atoms with Crippen molar-refractivity contribution in [2.24, 2.45) is 0 Å². The average molecular weight is 189 g/mol. The van der Waals surface area contributed by atoms with Gasteiger partial charge < -0.3 is 4.90 Å². The highest BCUT2D eigenvalue weighted by Gasteiger charge is 2.21. The van der Waals surface area contributed by atoms with Crippen molar-refractivity contribution in [3.05, 3.63) is 48.0 Å². The van der Waals surface area contributed by atoms with Crippen LogP contribution in [0, 0.1) is 0 Å². The Labute approximate surface area is 83.7 Å². The van der Waals surface area contributed by atoms with E-state index in [0.29, 0.717) is 0 Å². The SMILES string of the molecule is C=CCN1Cc2ccccc2C1=S. The minimum absolute atomic E-state index is 0.841. The molecule has 2 rings (SSSR count). The van der Waals surface area contributed by atoms with Gasteiger partial charge in [-0.2, -0.15) is 0 Å². The third-order valence-corrected chi connectivity index (χ3v) is 2.72. The molecule has 0 aromatic heterocycles. The summed E-state index contributed by atoms with van der Waals surface area (Å²) in [6, 6.07) is 8.30. The number of fused-ring (bicyclic) bond motifs is 1. The molecule has 0 saturated heterocycles. The molecule has 0 spiro atoms. The Morgan fingerprint density at radius 3 is 2.92 bits per heavy atom. The molecule has 13 heavy (non-hydrogen) atoms. The topological polar surface area (TPSA) is 3.24 Å². The monoisotopic (exact) mass is 189 g/mol. The Hall–Kier alpha value is -1.15. The van der Waals surface area contributed by atoms with Crippen LogP contribution >= 0.6 is 12.2 Å². The van der Waals surface area contributed by atoms with Gasteiger partial charge in [-0.15, -0.1) is 6.58 Å². The molecule has 0 amide bonds. The van der Waals surface area contributed by atoms with E-state index >= 15 is 0 Å². The molecule has 0 N–H and O–H groups in total. The van der Waals surface area contributed by atoms with Gasteiger partial charge in [0.1, 0.15) is 4.99 Å². The van der Waals surface area contributed by atoms with E-state index in [2.05, 4.69) is 29.7 Å². The van der Waals surface area contributed by atoms with Crippen molar-refractivity contribution in [2.75, 3.05) is 6.54 Å². The Balaban J connectivity index is 2.32. The standard InChI is InChI=1S/C11H11NS/c1-2-7-12-8-9-5-3-4-6-10(9)11(12)13/h2-6H,1,7-8H2. The fourth-order valence-corrected chi connectivity index (χ4v) is 1.96. The van der Waals surface area contributed by atoms with Crippen molar-refractivity contribution in [1.29, 1.82) is 0 Å². The highest BCUT2D eigenvalue weighted by atomic mass is 32.1. The summed E-state index contributed by atoms with van der Waals surface area (Å²) in [6.07, 6.45) is 1.89. The minimum Gasteiger partial charge on any atom is -0.354 e. The van der Waals surface area contributed by atoms with E-state index in [4.69, 9.17) is 12.2 Å². The van der Waals surface area contributed by atoms with Crippen LogP contribution in [0.2, 0.25) is 0 Å². The van der Waals surface area contributed by atoms with Gasteiger partial charge >= 0.3 is 0 Å². The summed E-state index contributed by atoms with van der Waals surface area (Å²) in [5, 5.41) is 0. The fourth-order valence-electron chi connectivity index (χ4n) is 1.62. The molecule has 0 saturated carbocycles. The zero-order chi connectivity index (χ0) is 9.26. The molecule has 2 heteroatoms. The number of rotatable bonds is 2. The van der Waals surface area contributed by atoms with E-state index in [9.17, 15) is 0 Å². The number of hydrogen-bond donors (Lipinski definition) is 0. The molecular weight excluding hydrogens is 178 g/mol. The van der Waals surface area contributed by atoms with Gasteiger partial charge in [0.25, 0.3) is 0 Å². The van der Waals surface area contributed by atoms with Crippen molar-refractivity contribution < 1.29 is 0 Å². The number of hydrogen-bond acceptors (Lipinski definition) is 1. The van der Waals surface area contributed by atoms with Crippen LogP contribution in [0.5, 0.6) is 0 Å². The lowest BCUT2D eigenvalue weighted by Gasteiger charge is -2.14. The molecule has 1 aromatic carbocycles. The second kappa shape index (κ2) is 3.30.